The lowest BCUT2D eigenvalue weighted by atomic mass is 9.94. The molecular formula is C23H25N3O2. The molecule has 144 valence electrons. The minimum absolute atomic E-state index is 0.0992. The lowest BCUT2D eigenvalue weighted by Gasteiger charge is -2.22. The van der Waals surface area contributed by atoms with E-state index in [1.807, 2.05) is 61.6 Å². The molecule has 5 nitrogen and oxygen atoms in total. The van der Waals surface area contributed by atoms with Gasteiger partial charge in [-0.25, -0.2) is 0 Å². The summed E-state index contributed by atoms with van der Waals surface area (Å²) in [5, 5.41) is 7.83. The second-order valence-electron chi connectivity index (χ2n) is 7.16. The predicted molar refractivity (Wildman–Crippen MR) is 109 cm³/mol. The van der Waals surface area contributed by atoms with Crippen LogP contribution in [0.15, 0.2) is 54.6 Å². The number of carbonyl (C=O) groups is 1. The summed E-state index contributed by atoms with van der Waals surface area (Å²) in [5.41, 5.74) is 4.77. The van der Waals surface area contributed by atoms with E-state index >= 15 is 0 Å². The van der Waals surface area contributed by atoms with Gasteiger partial charge in [0.05, 0.1) is 18.8 Å². The Morgan fingerprint density at radius 2 is 1.79 bits per heavy atom. The number of aromatic nitrogens is 2. The van der Waals surface area contributed by atoms with Gasteiger partial charge in [-0.2, -0.15) is 5.10 Å². The first-order chi connectivity index (χ1) is 13.7. The maximum Gasteiger partial charge on any atom is 0.270 e. The average molecular weight is 375 g/mol. The van der Waals surface area contributed by atoms with E-state index in [9.17, 15) is 4.79 Å². The molecule has 2 aromatic carbocycles. The molecule has 3 aromatic rings. The van der Waals surface area contributed by atoms with Crippen LogP contribution in [0.25, 0.3) is 0 Å². The van der Waals surface area contributed by atoms with Crippen molar-refractivity contribution in [3.63, 3.8) is 0 Å². The summed E-state index contributed by atoms with van der Waals surface area (Å²) < 4.78 is 7.30. The zero-order chi connectivity index (χ0) is 19.5. The molecule has 0 saturated heterocycles. The molecule has 0 fully saturated rings. The molecule has 4 rings (SSSR count). The summed E-state index contributed by atoms with van der Waals surface area (Å²) >= 11 is 0. The zero-order valence-corrected chi connectivity index (χ0v) is 16.3. The van der Waals surface area contributed by atoms with Crippen molar-refractivity contribution in [2.45, 2.75) is 31.7 Å². The first-order valence-electron chi connectivity index (χ1n) is 9.72. The number of para-hydroxylation sites is 1. The predicted octanol–water partition coefficient (Wildman–Crippen LogP) is 3.83. The summed E-state index contributed by atoms with van der Waals surface area (Å²) in [6, 6.07) is 17.5. The summed E-state index contributed by atoms with van der Waals surface area (Å²) in [5.74, 6) is 0.654. The van der Waals surface area contributed by atoms with Gasteiger partial charge in [0.15, 0.2) is 0 Å². The van der Waals surface area contributed by atoms with Crippen LogP contribution in [-0.4, -0.2) is 22.8 Å². The highest BCUT2D eigenvalue weighted by atomic mass is 16.5. The smallest absolute Gasteiger partial charge is 0.270 e. The fourth-order valence-corrected chi connectivity index (χ4v) is 4.06. The van der Waals surface area contributed by atoms with Crippen molar-refractivity contribution in [1.29, 1.82) is 0 Å². The number of carbonyl (C=O) groups excluding carboxylic acids is 1. The Balaban J connectivity index is 1.73. The van der Waals surface area contributed by atoms with Gasteiger partial charge in [-0.15, -0.1) is 0 Å². The summed E-state index contributed by atoms with van der Waals surface area (Å²) in [7, 11) is 3.51. The van der Waals surface area contributed by atoms with Gasteiger partial charge in [0.2, 0.25) is 0 Å². The second-order valence-corrected chi connectivity index (χ2v) is 7.16. The number of fused-ring (bicyclic) bond motifs is 1. The molecule has 1 aromatic heterocycles. The fourth-order valence-electron chi connectivity index (χ4n) is 4.06. The SMILES string of the molecule is COc1ccccc1[C@@H](NC(=O)c1c2c(nn1C)CCCC2)c1ccccc1. The third-order valence-electron chi connectivity index (χ3n) is 5.39. The second kappa shape index (κ2) is 7.89. The van der Waals surface area contributed by atoms with E-state index in [1.54, 1.807) is 11.8 Å². The number of hydrogen-bond acceptors (Lipinski definition) is 3. The average Bonchev–Trinajstić information content (AvgIpc) is 3.08. The number of amides is 1. The van der Waals surface area contributed by atoms with Gasteiger partial charge in [0.1, 0.15) is 11.4 Å². The molecule has 0 saturated carbocycles. The molecule has 1 atom stereocenters. The Morgan fingerprint density at radius 3 is 2.57 bits per heavy atom. The Bertz CT molecular complexity index is 979. The molecule has 1 amide bonds. The number of hydrogen-bond donors (Lipinski definition) is 1. The number of ether oxygens (including phenoxy) is 1. The van der Waals surface area contributed by atoms with Crippen molar-refractivity contribution in [3.05, 3.63) is 82.7 Å². The number of methoxy groups -OCH3 is 1. The van der Waals surface area contributed by atoms with Gasteiger partial charge in [-0.05, 0) is 37.3 Å². The molecule has 1 heterocycles. The molecule has 1 N–H and O–H groups in total. The third-order valence-corrected chi connectivity index (χ3v) is 5.39. The Labute approximate surface area is 165 Å². The molecule has 1 aliphatic carbocycles. The Hall–Kier alpha value is -3.08. The van der Waals surface area contributed by atoms with E-state index in [0.717, 1.165) is 53.8 Å². The topological polar surface area (TPSA) is 56.1 Å². The van der Waals surface area contributed by atoms with Crippen molar-refractivity contribution in [2.24, 2.45) is 7.05 Å². The van der Waals surface area contributed by atoms with E-state index in [-0.39, 0.29) is 11.9 Å². The normalized spacial score (nSPS) is 14.2. The number of benzene rings is 2. The maximum absolute atomic E-state index is 13.3. The van der Waals surface area contributed by atoms with Crippen molar-refractivity contribution in [2.75, 3.05) is 7.11 Å². The number of nitrogens with zero attached hydrogens (tertiary/aromatic N) is 2. The van der Waals surface area contributed by atoms with E-state index in [1.165, 1.54) is 0 Å². The van der Waals surface area contributed by atoms with Crippen LogP contribution in [0.3, 0.4) is 0 Å². The summed E-state index contributed by atoms with van der Waals surface area (Å²) in [6.45, 7) is 0. The molecule has 0 bridgehead atoms. The van der Waals surface area contributed by atoms with E-state index < -0.39 is 0 Å². The summed E-state index contributed by atoms with van der Waals surface area (Å²) in [6.07, 6.45) is 4.11. The van der Waals surface area contributed by atoms with Crippen molar-refractivity contribution in [1.82, 2.24) is 15.1 Å². The van der Waals surface area contributed by atoms with Crippen LogP contribution < -0.4 is 10.1 Å². The van der Waals surface area contributed by atoms with Crippen LogP contribution in [0.5, 0.6) is 5.75 Å². The van der Waals surface area contributed by atoms with Crippen LogP contribution in [-0.2, 0) is 19.9 Å². The first kappa shape index (κ1) is 18.3. The van der Waals surface area contributed by atoms with Gasteiger partial charge in [-0.3, -0.25) is 9.48 Å². The molecular weight excluding hydrogens is 350 g/mol. The van der Waals surface area contributed by atoms with Crippen LogP contribution >= 0.6 is 0 Å². The van der Waals surface area contributed by atoms with Crippen LogP contribution in [0.2, 0.25) is 0 Å². The number of nitrogens with one attached hydrogen (secondary N) is 1. The lowest BCUT2D eigenvalue weighted by molar-refractivity contribution is 0.0932. The van der Waals surface area contributed by atoms with Crippen molar-refractivity contribution < 1.29 is 9.53 Å². The maximum atomic E-state index is 13.3. The van der Waals surface area contributed by atoms with Gasteiger partial charge in [0, 0.05) is 18.2 Å². The Morgan fingerprint density at radius 1 is 1.07 bits per heavy atom. The molecule has 0 radical (unpaired) electrons. The molecule has 0 spiro atoms. The number of rotatable bonds is 5. The zero-order valence-electron chi connectivity index (χ0n) is 16.3. The lowest BCUT2D eigenvalue weighted by Crippen LogP contribution is -2.32. The fraction of sp³-hybridized carbons (Fsp3) is 0.304. The molecule has 0 aliphatic heterocycles. The molecule has 0 unspecified atom stereocenters. The van der Waals surface area contributed by atoms with Crippen LogP contribution in [0, 0.1) is 0 Å². The van der Waals surface area contributed by atoms with Gasteiger partial charge in [-0.1, -0.05) is 48.5 Å². The highest BCUT2D eigenvalue weighted by Gasteiger charge is 2.27. The number of aryl methyl sites for hydroxylation is 2. The minimum atomic E-state index is -0.306. The standard InChI is InChI=1S/C23H25N3O2/c1-26-22(17-12-6-8-14-19(17)25-26)23(27)24-21(16-10-4-3-5-11-16)18-13-7-9-15-20(18)28-2/h3-5,7,9-11,13,15,21H,6,8,12,14H2,1-2H3,(H,24,27)/t21-/m0/s1. The first-order valence-corrected chi connectivity index (χ1v) is 9.72. The highest BCUT2D eigenvalue weighted by molar-refractivity contribution is 5.95. The largest absolute Gasteiger partial charge is 0.496 e. The van der Waals surface area contributed by atoms with Gasteiger partial charge >= 0.3 is 0 Å². The van der Waals surface area contributed by atoms with Gasteiger partial charge < -0.3 is 10.1 Å². The van der Waals surface area contributed by atoms with Crippen LogP contribution in [0.1, 0.15) is 51.8 Å². The minimum Gasteiger partial charge on any atom is -0.496 e. The molecule has 5 heteroatoms. The summed E-state index contributed by atoms with van der Waals surface area (Å²) in [4.78, 5) is 13.3. The third kappa shape index (κ3) is 3.40. The van der Waals surface area contributed by atoms with Crippen molar-refractivity contribution >= 4 is 5.91 Å². The van der Waals surface area contributed by atoms with E-state index in [2.05, 4.69) is 10.4 Å². The van der Waals surface area contributed by atoms with E-state index in [4.69, 9.17) is 4.74 Å². The quantitative estimate of drug-likeness (QED) is 0.737. The molecule has 28 heavy (non-hydrogen) atoms. The molecule has 1 aliphatic rings. The Kier molecular flexibility index (Phi) is 5.15. The van der Waals surface area contributed by atoms with Crippen LogP contribution in [0.4, 0.5) is 0 Å². The van der Waals surface area contributed by atoms with Crippen molar-refractivity contribution in [3.8, 4) is 5.75 Å². The monoisotopic (exact) mass is 375 g/mol. The highest BCUT2D eigenvalue weighted by Crippen LogP contribution is 2.31. The van der Waals surface area contributed by atoms with Gasteiger partial charge in [0.25, 0.3) is 5.91 Å². The van der Waals surface area contributed by atoms with E-state index in [0.29, 0.717) is 5.69 Å².